The molecule has 0 aromatic carbocycles. The Hall–Kier alpha value is -1.88. The maximum atomic E-state index is 11.6. The van der Waals surface area contributed by atoms with Crippen LogP contribution >= 0.6 is 9.90 Å². The van der Waals surface area contributed by atoms with E-state index in [0.29, 0.717) is 5.75 Å². The predicted molar refractivity (Wildman–Crippen MR) is 122 cm³/mol. The van der Waals surface area contributed by atoms with E-state index in [1.54, 1.807) is 18.6 Å². The van der Waals surface area contributed by atoms with Gasteiger partial charge in [-0.3, -0.25) is 14.7 Å². The van der Waals surface area contributed by atoms with Crippen LogP contribution in [0, 0.1) is 30.1 Å². The first-order valence-corrected chi connectivity index (χ1v) is 11.9. The number of aryl methyl sites for hydroxylation is 2. The minimum atomic E-state index is -2.43. The van der Waals surface area contributed by atoms with Gasteiger partial charge in [0.2, 0.25) is 6.19 Å². The molecule has 0 saturated heterocycles. The Bertz CT molecular complexity index is 990. The molecule has 0 amide bonds. The quantitative estimate of drug-likeness (QED) is 0.570. The summed E-state index contributed by atoms with van der Waals surface area (Å²) in [7, 11) is -4.85. The van der Waals surface area contributed by atoms with Crippen LogP contribution in [0.15, 0.2) is 41.0 Å². The summed E-state index contributed by atoms with van der Waals surface area (Å²) in [5.41, 5.74) is 3.55. The minimum absolute atomic E-state index is 0. The van der Waals surface area contributed by atoms with Gasteiger partial charge >= 0.3 is 0 Å². The molecule has 7 nitrogen and oxygen atoms in total. The monoisotopic (exact) mass is 443 g/mol. The molecule has 0 aliphatic carbocycles. The van der Waals surface area contributed by atoms with E-state index in [9.17, 15) is 8.42 Å². The van der Waals surface area contributed by atoms with Gasteiger partial charge in [-0.1, -0.05) is 19.6 Å². The fourth-order valence-corrected chi connectivity index (χ4v) is 3.75. The molecular formula is C18H30N5O2PS2. The van der Waals surface area contributed by atoms with Crippen LogP contribution in [0.2, 0.25) is 0 Å². The second-order valence-electron chi connectivity index (χ2n) is 6.06. The lowest BCUT2D eigenvalue weighted by molar-refractivity contribution is 0.678. The molecule has 2 heterocycles. The number of nitrogens with one attached hydrogen (secondary N) is 1. The molecule has 0 aliphatic heterocycles. The smallest absolute Gasteiger partial charge is 0.214 e. The van der Waals surface area contributed by atoms with Crippen molar-refractivity contribution in [1.82, 2.24) is 9.97 Å². The van der Waals surface area contributed by atoms with E-state index in [4.69, 9.17) is 10.0 Å². The lowest BCUT2D eigenvalue weighted by atomic mass is 10.3. The highest BCUT2D eigenvalue weighted by atomic mass is 32.2. The summed E-state index contributed by atoms with van der Waals surface area (Å²) in [6.45, 7) is 3.78. The van der Waals surface area contributed by atoms with Gasteiger partial charge in [-0.05, 0) is 37.1 Å². The standard InChI is InChI=1S/C9H11N3OS.C8H12N2OS.CH4.H3P/c1-8-3-4-9(5-11-8)6-14(2,13)12-7-10;1-7-3-4-8(5-10-7)6-12(2,9)11;;/h3-5H,6H2,1-2H3;3-5,9H,6H2,1-2H3;1H4;1H3. The number of nitriles is 1. The van der Waals surface area contributed by atoms with Gasteiger partial charge in [0.15, 0.2) is 0 Å². The van der Waals surface area contributed by atoms with Gasteiger partial charge in [-0.2, -0.15) is 15.2 Å². The fourth-order valence-electron chi connectivity index (χ4n) is 1.91. The molecule has 28 heavy (non-hydrogen) atoms. The van der Waals surface area contributed by atoms with E-state index in [2.05, 4.69) is 14.3 Å². The van der Waals surface area contributed by atoms with E-state index >= 15 is 0 Å². The minimum Gasteiger partial charge on any atom is -0.261 e. The van der Waals surface area contributed by atoms with Crippen molar-refractivity contribution < 1.29 is 8.42 Å². The van der Waals surface area contributed by atoms with Crippen molar-refractivity contribution in [3.8, 4) is 6.19 Å². The van der Waals surface area contributed by atoms with Gasteiger partial charge in [0.05, 0.1) is 21.2 Å². The van der Waals surface area contributed by atoms with Gasteiger partial charge in [-0.15, -0.1) is 4.36 Å². The van der Waals surface area contributed by atoms with Gasteiger partial charge in [0.25, 0.3) is 0 Å². The van der Waals surface area contributed by atoms with Gasteiger partial charge in [0.1, 0.15) is 0 Å². The molecule has 0 saturated carbocycles. The van der Waals surface area contributed by atoms with Gasteiger partial charge in [0, 0.05) is 46.0 Å². The maximum absolute atomic E-state index is 11.6. The summed E-state index contributed by atoms with van der Waals surface area (Å²) in [6.07, 6.45) is 7.81. The Labute approximate surface area is 172 Å². The van der Waals surface area contributed by atoms with Crippen LogP contribution in [0.1, 0.15) is 29.9 Å². The molecule has 156 valence electrons. The average molecular weight is 444 g/mol. The van der Waals surface area contributed by atoms with Crippen LogP contribution in [0.3, 0.4) is 0 Å². The Morgan fingerprint density at radius 3 is 1.75 bits per heavy atom. The highest BCUT2D eigenvalue weighted by molar-refractivity contribution is 7.92. The summed E-state index contributed by atoms with van der Waals surface area (Å²) >= 11 is 0. The third kappa shape index (κ3) is 12.5. The van der Waals surface area contributed by atoms with Crippen molar-refractivity contribution in [3.63, 3.8) is 0 Å². The molecule has 0 spiro atoms. The van der Waals surface area contributed by atoms with E-state index in [-0.39, 0.29) is 23.1 Å². The van der Waals surface area contributed by atoms with E-state index in [1.807, 2.05) is 38.1 Å². The van der Waals surface area contributed by atoms with E-state index in [0.717, 1.165) is 22.5 Å². The third-order valence-corrected chi connectivity index (χ3v) is 5.28. The number of aromatic nitrogens is 2. The first-order chi connectivity index (χ1) is 12.0. The molecule has 0 fully saturated rings. The van der Waals surface area contributed by atoms with Crippen molar-refractivity contribution in [2.45, 2.75) is 32.8 Å². The van der Waals surface area contributed by atoms with E-state index < -0.39 is 19.5 Å². The Kier molecular flexibility index (Phi) is 12.7. The number of hydrogen-bond donors (Lipinski definition) is 1. The van der Waals surface area contributed by atoms with Crippen molar-refractivity contribution >= 4 is 29.4 Å². The Morgan fingerprint density at radius 2 is 1.43 bits per heavy atom. The van der Waals surface area contributed by atoms with Crippen LogP contribution < -0.4 is 0 Å². The summed E-state index contributed by atoms with van der Waals surface area (Å²) in [6, 6.07) is 7.41. The van der Waals surface area contributed by atoms with Gasteiger partial charge in [-0.25, -0.2) is 8.42 Å². The number of hydrogen-bond acceptors (Lipinski definition) is 7. The summed E-state index contributed by atoms with van der Waals surface area (Å²) in [4.78, 5) is 8.13. The second kappa shape index (κ2) is 12.6. The number of pyridine rings is 2. The van der Waals surface area contributed by atoms with Crippen LogP contribution in [0.5, 0.6) is 0 Å². The molecule has 2 aromatic rings. The fraction of sp³-hybridized carbons (Fsp3) is 0.389. The third-order valence-electron chi connectivity index (χ3n) is 3.06. The lowest BCUT2D eigenvalue weighted by Gasteiger charge is -2.01. The Balaban J connectivity index is 0. The highest BCUT2D eigenvalue weighted by Crippen LogP contribution is 2.06. The summed E-state index contributed by atoms with van der Waals surface area (Å²) in [5, 5.41) is 8.31. The molecule has 3 atom stereocenters. The molecule has 1 N–H and O–H groups in total. The maximum Gasteiger partial charge on any atom is 0.214 e. The van der Waals surface area contributed by atoms with Crippen molar-refractivity contribution in [1.29, 1.82) is 10.0 Å². The largest absolute Gasteiger partial charge is 0.261 e. The molecule has 0 radical (unpaired) electrons. The lowest BCUT2D eigenvalue weighted by Crippen LogP contribution is -2.01. The number of nitrogens with zero attached hydrogens (tertiary/aromatic N) is 4. The van der Waals surface area contributed by atoms with Gasteiger partial charge < -0.3 is 0 Å². The highest BCUT2D eigenvalue weighted by Gasteiger charge is 2.03. The zero-order valence-corrected chi connectivity index (χ0v) is 19.1. The summed E-state index contributed by atoms with van der Waals surface area (Å²) < 4.78 is 33.3. The van der Waals surface area contributed by atoms with Crippen LogP contribution in [-0.4, -0.2) is 30.9 Å². The predicted octanol–water partition coefficient (Wildman–Crippen LogP) is 3.73. The summed E-state index contributed by atoms with van der Waals surface area (Å²) in [5.74, 6) is 0.564. The molecule has 0 bridgehead atoms. The molecule has 2 rings (SSSR count). The zero-order chi connectivity index (χ0) is 19.8. The van der Waals surface area contributed by atoms with E-state index in [1.165, 1.54) is 12.5 Å². The molecule has 3 unspecified atom stereocenters. The zero-order valence-electron chi connectivity index (χ0n) is 16.0. The Morgan fingerprint density at radius 1 is 1.00 bits per heavy atom. The van der Waals surface area contributed by atoms with Crippen molar-refractivity contribution in [3.05, 3.63) is 59.2 Å². The first kappa shape index (κ1) is 28.3. The normalized spacial score (nSPS) is 13.7. The van der Waals surface area contributed by atoms with Crippen molar-refractivity contribution in [2.75, 3.05) is 12.5 Å². The SMILES string of the molecule is C.Cc1ccc(CS(C)(=N)=O)cn1.Cc1ccc(CS(C)(=O)=NC#N)cn1.P. The first-order valence-electron chi connectivity index (χ1n) is 7.63. The van der Waals surface area contributed by atoms with Crippen molar-refractivity contribution in [2.24, 2.45) is 4.36 Å². The topological polar surface area (TPSA) is 120 Å². The second-order valence-corrected chi connectivity index (χ2v) is 10.7. The average Bonchev–Trinajstić information content (AvgIpc) is 2.51. The number of rotatable bonds is 4. The molecule has 2 aromatic heterocycles. The molecule has 10 heteroatoms. The van der Waals surface area contributed by atoms with Crippen LogP contribution in [0.25, 0.3) is 0 Å². The molecular weight excluding hydrogens is 413 g/mol. The van der Waals surface area contributed by atoms with Crippen LogP contribution in [0.4, 0.5) is 0 Å². The molecule has 0 aliphatic rings. The van der Waals surface area contributed by atoms with Crippen LogP contribution in [-0.2, 0) is 31.0 Å².